The highest BCUT2D eigenvalue weighted by molar-refractivity contribution is 7.89. The zero-order valence-electron chi connectivity index (χ0n) is 18.1. The van der Waals surface area contributed by atoms with Gasteiger partial charge in [-0.1, -0.05) is 29.0 Å². The fourth-order valence-electron chi connectivity index (χ4n) is 3.54. The summed E-state index contributed by atoms with van der Waals surface area (Å²) in [6, 6.07) is 11.4. The Hall–Kier alpha value is -2.08. The van der Waals surface area contributed by atoms with Crippen LogP contribution in [-0.4, -0.2) is 62.7 Å². The molecule has 1 amide bonds. The molecule has 1 saturated heterocycles. The van der Waals surface area contributed by atoms with Crippen LogP contribution in [0, 0.1) is 0 Å². The Labute approximate surface area is 201 Å². The number of aromatic nitrogens is 1. The second kappa shape index (κ2) is 10.5. The fraction of sp³-hybridized carbons (Fsp3) is 0.364. The van der Waals surface area contributed by atoms with Crippen LogP contribution in [0.2, 0.25) is 5.02 Å². The van der Waals surface area contributed by atoms with E-state index in [4.69, 9.17) is 21.1 Å². The second-order valence-electron chi connectivity index (χ2n) is 7.28. The van der Waals surface area contributed by atoms with Crippen LogP contribution in [0.1, 0.15) is 17.3 Å². The molecular weight excluding hydrogens is 486 g/mol. The van der Waals surface area contributed by atoms with Crippen molar-refractivity contribution in [1.29, 1.82) is 0 Å². The molecule has 2 aromatic carbocycles. The summed E-state index contributed by atoms with van der Waals surface area (Å²) in [6.45, 7) is 4.84. The zero-order chi connectivity index (χ0) is 23.4. The van der Waals surface area contributed by atoms with Crippen LogP contribution in [0.25, 0.3) is 10.2 Å². The smallest absolute Gasteiger partial charge is 0.279 e. The van der Waals surface area contributed by atoms with Gasteiger partial charge in [0, 0.05) is 31.8 Å². The average molecular weight is 510 g/mol. The number of hydrogen-bond donors (Lipinski definition) is 0. The molecule has 4 rings (SSSR count). The van der Waals surface area contributed by atoms with E-state index in [1.807, 2.05) is 23.6 Å². The third-order valence-corrected chi connectivity index (χ3v) is 8.48. The number of para-hydroxylation sites is 1. The molecular formula is C22H24ClN3O5S2. The topological polar surface area (TPSA) is 90.2 Å². The number of hydrogen-bond acceptors (Lipinski definition) is 6. The lowest BCUT2D eigenvalue weighted by Crippen LogP contribution is -2.40. The number of carbonyl (C=O) groups is 1. The fourth-order valence-corrected chi connectivity index (χ4v) is 6.36. The lowest BCUT2D eigenvalue weighted by molar-refractivity contribution is 0.0730. The monoisotopic (exact) mass is 509 g/mol. The van der Waals surface area contributed by atoms with E-state index >= 15 is 0 Å². The van der Waals surface area contributed by atoms with Crippen LogP contribution in [0.15, 0.2) is 52.4 Å². The lowest BCUT2D eigenvalue weighted by Gasteiger charge is -2.26. The molecule has 0 unspecified atom stereocenters. The van der Waals surface area contributed by atoms with E-state index in [1.54, 1.807) is 6.07 Å². The number of nitrogens with zero attached hydrogens (tertiary/aromatic N) is 3. The molecule has 1 aromatic heterocycles. The number of fused-ring (bicyclic) bond motifs is 1. The Kier molecular flexibility index (Phi) is 7.62. The van der Waals surface area contributed by atoms with Crippen LogP contribution in [0.5, 0.6) is 0 Å². The van der Waals surface area contributed by atoms with Gasteiger partial charge in [0.2, 0.25) is 10.0 Å². The minimum Gasteiger partial charge on any atom is -0.380 e. The molecule has 176 valence electrons. The molecule has 1 aliphatic heterocycles. The maximum absolute atomic E-state index is 12.9. The minimum atomic E-state index is -3.62. The minimum absolute atomic E-state index is 0.140. The highest BCUT2D eigenvalue weighted by Crippen LogP contribution is 2.25. The maximum atomic E-state index is 12.9. The van der Waals surface area contributed by atoms with E-state index in [1.165, 1.54) is 39.9 Å². The molecule has 1 aliphatic rings. The van der Waals surface area contributed by atoms with E-state index < -0.39 is 15.9 Å². The summed E-state index contributed by atoms with van der Waals surface area (Å²) in [7, 11) is -3.62. The number of halogens is 1. The van der Waals surface area contributed by atoms with Gasteiger partial charge in [-0.3, -0.25) is 4.79 Å². The van der Waals surface area contributed by atoms with Gasteiger partial charge in [-0.25, -0.2) is 8.42 Å². The first-order chi connectivity index (χ1) is 15.9. The van der Waals surface area contributed by atoms with Crippen molar-refractivity contribution in [2.45, 2.75) is 18.4 Å². The van der Waals surface area contributed by atoms with Crippen LogP contribution >= 0.6 is 22.9 Å². The summed E-state index contributed by atoms with van der Waals surface area (Å²) >= 11 is 7.78. The van der Waals surface area contributed by atoms with Crippen molar-refractivity contribution in [3.8, 4) is 0 Å². The normalized spacial score (nSPS) is 15.9. The first-order valence-electron chi connectivity index (χ1n) is 10.5. The van der Waals surface area contributed by atoms with E-state index in [2.05, 4.69) is 4.99 Å². The first kappa shape index (κ1) is 24.1. The molecule has 0 radical (unpaired) electrons. The number of amides is 1. The summed E-state index contributed by atoms with van der Waals surface area (Å²) in [6.07, 6.45) is 0. The zero-order valence-corrected chi connectivity index (χ0v) is 20.5. The SMILES string of the molecule is CCOCCn1c(=NC(=O)c2ccc(S(=O)(=O)N3CCOCC3)cc2)sc2cccc(Cl)c21. The molecule has 1 fully saturated rings. The Balaban J connectivity index is 1.64. The third kappa shape index (κ3) is 5.21. The Morgan fingerprint density at radius 1 is 1.18 bits per heavy atom. The molecule has 2 heterocycles. The van der Waals surface area contributed by atoms with E-state index in [0.29, 0.717) is 61.4 Å². The Bertz CT molecular complexity index is 1310. The molecule has 11 heteroatoms. The highest BCUT2D eigenvalue weighted by atomic mass is 35.5. The van der Waals surface area contributed by atoms with Crippen molar-refractivity contribution >= 4 is 49.1 Å². The van der Waals surface area contributed by atoms with Crippen molar-refractivity contribution in [2.24, 2.45) is 4.99 Å². The maximum Gasteiger partial charge on any atom is 0.279 e. The first-order valence-corrected chi connectivity index (χ1v) is 13.2. The van der Waals surface area contributed by atoms with Crippen molar-refractivity contribution in [3.63, 3.8) is 0 Å². The summed E-state index contributed by atoms with van der Waals surface area (Å²) in [5.74, 6) is -0.460. The van der Waals surface area contributed by atoms with Crippen molar-refractivity contribution in [1.82, 2.24) is 8.87 Å². The molecule has 0 bridgehead atoms. The van der Waals surface area contributed by atoms with E-state index in [-0.39, 0.29) is 4.90 Å². The van der Waals surface area contributed by atoms with Gasteiger partial charge >= 0.3 is 0 Å². The van der Waals surface area contributed by atoms with Gasteiger partial charge in [-0.2, -0.15) is 9.30 Å². The Morgan fingerprint density at radius 2 is 1.91 bits per heavy atom. The predicted molar refractivity (Wildman–Crippen MR) is 127 cm³/mol. The quantitative estimate of drug-likeness (QED) is 0.456. The van der Waals surface area contributed by atoms with Gasteiger partial charge in [-0.15, -0.1) is 0 Å². The largest absolute Gasteiger partial charge is 0.380 e. The second-order valence-corrected chi connectivity index (χ2v) is 10.6. The van der Waals surface area contributed by atoms with E-state index in [0.717, 1.165) is 10.2 Å². The molecule has 0 spiro atoms. The average Bonchev–Trinajstić information content (AvgIpc) is 3.18. The number of sulfonamides is 1. The van der Waals surface area contributed by atoms with Crippen LogP contribution in [0.4, 0.5) is 0 Å². The van der Waals surface area contributed by atoms with Crippen molar-refractivity contribution < 1.29 is 22.7 Å². The number of benzene rings is 2. The van der Waals surface area contributed by atoms with Crippen LogP contribution < -0.4 is 4.80 Å². The molecule has 0 atom stereocenters. The molecule has 0 N–H and O–H groups in total. The Morgan fingerprint density at radius 3 is 2.61 bits per heavy atom. The summed E-state index contributed by atoms with van der Waals surface area (Å²) in [4.78, 5) is 17.9. The van der Waals surface area contributed by atoms with Gasteiger partial charge in [0.1, 0.15) is 0 Å². The van der Waals surface area contributed by atoms with Crippen molar-refractivity contribution in [2.75, 3.05) is 39.5 Å². The lowest BCUT2D eigenvalue weighted by atomic mass is 10.2. The number of morpholine rings is 1. The number of ether oxygens (including phenoxy) is 2. The van der Waals surface area contributed by atoms with Crippen LogP contribution in [0.3, 0.4) is 0 Å². The van der Waals surface area contributed by atoms with Gasteiger partial charge in [0.05, 0.1) is 40.0 Å². The number of rotatable bonds is 7. The summed E-state index contributed by atoms with van der Waals surface area (Å²) in [5, 5.41) is 0.576. The van der Waals surface area contributed by atoms with Crippen molar-refractivity contribution in [3.05, 3.63) is 57.9 Å². The van der Waals surface area contributed by atoms with Gasteiger partial charge in [0.25, 0.3) is 5.91 Å². The van der Waals surface area contributed by atoms with Crippen LogP contribution in [-0.2, 0) is 26.0 Å². The summed E-state index contributed by atoms with van der Waals surface area (Å²) < 4.78 is 40.5. The molecule has 8 nitrogen and oxygen atoms in total. The third-order valence-electron chi connectivity index (χ3n) is 5.22. The van der Waals surface area contributed by atoms with E-state index in [9.17, 15) is 13.2 Å². The number of thiazole rings is 1. The molecule has 0 saturated carbocycles. The summed E-state index contributed by atoms with van der Waals surface area (Å²) in [5.41, 5.74) is 1.11. The van der Waals surface area contributed by atoms with Gasteiger partial charge < -0.3 is 14.0 Å². The molecule has 3 aromatic rings. The molecule has 33 heavy (non-hydrogen) atoms. The molecule has 0 aliphatic carbocycles. The van der Waals surface area contributed by atoms with Gasteiger partial charge in [0.15, 0.2) is 4.80 Å². The van der Waals surface area contributed by atoms with Gasteiger partial charge in [-0.05, 0) is 43.3 Å². The number of carbonyl (C=O) groups excluding carboxylic acids is 1. The highest BCUT2D eigenvalue weighted by Gasteiger charge is 2.26. The predicted octanol–water partition coefficient (Wildman–Crippen LogP) is 3.15. The standard InChI is InChI=1S/C22H24ClN3O5S2/c1-2-30-15-12-26-20-18(23)4-3-5-19(20)32-22(26)24-21(27)16-6-8-17(9-7-16)33(28,29)25-10-13-31-14-11-25/h3-9H,2,10-15H2,1H3.